The highest BCUT2D eigenvalue weighted by Gasteiger charge is 2.34. The van der Waals surface area contributed by atoms with Crippen LogP contribution in [0, 0.1) is 0 Å². The van der Waals surface area contributed by atoms with Gasteiger partial charge in [0.05, 0.1) is 22.4 Å². The Morgan fingerprint density at radius 1 is 0.846 bits per heavy atom. The molecule has 7 heteroatoms. The average molecular weight is 347 g/mol. The third-order valence-corrected chi connectivity index (χ3v) is 4.33. The van der Waals surface area contributed by atoms with Crippen LogP contribution in [0.5, 0.6) is 0 Å². The molecule has 0 aromatic heterocycles. The van der Waals surface area contributed by atoms with E-state index in [1.165, 1.54) is 36.4 Å². The second-order valence-corrected chi connectivity index (χ2v) is 6.03. The topological polar surface area (TPSA) is 127 Å². The molecule has 5 N–H and O–H groups in total. The van der Waals surface area contributed by atoms with E-state index in [1.54, 1.807) is 12.1 Å². The monoisotopic (exact) mass is 347 g/mol. The molecular weight excluding hydrogens is 334 g/mol. The third kappa shape index (κ3) is 2.18. The number of hydrogen-bond donors (Lipinski definition) is 3. The van der Waals surface area contributed by atoms with Gasteiger partial charge in [-0.2, -0.15) is 0 Å². The summed E-state index contributed by atoms with van der Waals surface area (Å²) in [6, 6.07) is 11.9. The Bertz CT molecular complexity index is 1060. The number of carboxylic acids is 1. The predicted octanol–water partition coefficient (Wildman–Crippen LogP) is 2.50. The number of benzene rings is 3. The number of carbonyl (C=O) groups is 3. The molecule has 2 amide bonds. The zero-order valence-electron chi connectivity index (χ0n) is 13.4. The maximum absolute atomic E-state index is 13.0. The van der Waals surface area contributed by atoms with Crippen molar-refractivity contribution >= 4 is 45.6 Å². The fourth-order valence-electron chi connectivity index (χ4n) is 3.22. The van der Waals surface area contributed by atoms with Crippen LogP contribution in [0.25, 0.3) is 10.8 Å². The van der Waals surface area contributed by atoms with Crippen LogP contribution < -0.4 is 16.4 Å². The lowest BCUT2D eigenvalue weighted by atomic mass is 9.92. The van der Waals surface area contributed by atoms with E-state index in [0.717, 1.165) is 4.90 Å². The number of hydrogen-bond acceptors (Lipinski definition) is 5. The molecule has 1 heterocycles. The Labute approximate surface area is 147 Å². The van der Waals surface area contributed by atoms with Crippen molar-refractivity contribution in [3.05, 3.63) is 65.2 Å². The zero-order chi connectivity index (χ0) is 18.6. The molecule has 1 aliphatic heterocycles. The van der Waals surface area contributed by atoms with Crippen LogP contribution in [-0.4, -0.2) is 22.9 Å². The number of anilines is 3. The van der Waals surface area contributed by atoms with E-state index in [0.29, 0.717) is 33.3 Å². The van der Waals surface area contributed by atoms with Gasteiger partial charge in [-0.15, -0.1) is 0 Å². The average Bonchev–Trinajstić information content (AvgIpc) is 2.59. The lowest BCUT2D eigenvalue weighted by molar-refractivity contribution is 0.0696. The number of nitrogens with zero attached hydrogens (tertiary/aromatic N) is 1. The first-order valence-corrected chi connectivity index (χ1v) is 7.71. The molecule has 0 radical (unpaired) electrons. The van der Waals surface area contributed by atoms with Gasteiger partial charge in [0.1, 0.15) is 0 Å². The van der Waals surface area contributed by atoms with Gasteiger partial charge >= 0.3 is 5.97 Å². The number of carbonyl (C=O) groups excluding carboxylic acids is 2. The molecule has 26 heavy (non-hydrogen) atoms. The molecule has 0 spiro atoms. The van der Waals surface area contributed by atoms with E-state index >= 15 is 0 Å². The van der Waals surface area contributed by atoms with Gasteiger partial charge in [-0.05, 0) is 53.9 Å². The van der Waals surface area contributed by atoms with Gasteiger partial charge in [0.25, 0.3) is 11.8 Å². The van der Waals surface area contributed by atoms with Crippen molar-refractivity contribution in [2.75, 3.05) is 16.4 Å². The summed E-state index contributed by atoms with van der Waals surface area (Å²) in [5, 5.41) is 10.1. The predicted molar refractivity (Wildman–Crippen MR) is 97.3 cm³/mol. The molecule has 0 fully saturated rings. The SMILES string of the molecule is Nc1cc2c3c(cc(N)cc3c1)C(=O)N(c1ccc(C(=O)O)cc1)C2=O. The van der Waals surface area contributed by atoms with Gasteiger partial charge in [0.2, 0.25) is 0 Å². The molecule has 0 saturated carbocycles. The van der Waals surface area contributed by atoms with Crippen LogP contribution >= 0.6 is 0 Å². The first-order valence-electron chi connectivity index (χ1n) is 7.71. The molecule has 0 saturated heterocycles. The molecule has 0 aliphatic carbocycles. The van der Waals surface area contributed by atoms with Crippen molar-refractivity contribution in [1.82, 2.24) is 0 Å². The summed E-state index contributed by atoms with van der Waals surface area (Å²) in [4.78, 5) is 38.0. The molecule has 3 aromatic rings. The summed E-state index contributed by atoms with van der Waals surface area (Å²) in [7, 11) is 0. The first-order chi connectivity index (χ1) is 12.4. The van der Waals surface area contributed by atoms with Crippen molar-refractivity contribution in [2.24, 2.45) is 0 Å². The highest BCUT2D eigenvalue weighted by molar-refractivity contribution is 6.36. The second-order valence-electron chi connectivity index (χ2n) is 6.03. The van der Waals surface area contributed by atoms with Gasteiger partial charge in [0, 0.05) is 16.8 Å². The Hall–Kier alpha value is -3.87. The van der Waals surface area contributed by atoms with Crippen molar-refractivity contribution in [3.63, 3.8) is 0 Å². The van der Waals surface area contributed by atoms with E-state index in [2.05, 4.69) is 0 Å². The van der Waals surface area contributed by atoms with Gasteiger partial charge in [-0.3, -0.25) is 9.59 Å². The maximum Gasteiger partial charge on any atom is 0.335 e. The normalized spacial score (nSPS) is 13.3. The molecule has 1 aliphatic rings. The van der Waals surface area contributed by atoms with Crippen LogP contribution in [0.3, 0.4) is 0 Å². The summed E-state index contributed by atoms with van der Waals surface area (Å²) in [6.07, 6.45) is 0. The van der Waals surface area contributed by atoms with Crippen LogP contribution in [-0.2, 0) is 0 Å². The molecule has 0 bridgehead atoms. The standard InChI is InChI=1S/C19H13N3O4/c20-11-5-10-6-12(21)8-15-16(10)14(7-11)17(23)22(18(15)24)13-3-1-9(2-4-13)19(25)26/h1-8H,20-21H2,(H,25,26). The van der Waals surface area contributed by atoms with E-state index < -0.39 is 17.8 Å². The summed E-state index contributed by atoms with van der Waals surface area (Å²) in [6.45, 7) is 0. The van der Waals surface area contributed by atoms with Crippen LogP contribution in [0.1, 0.15) is 31.1 Å². The Kier molecular flexibility index (Phi) is 3.20. The smallest absolute Gasteiger partial charge is 0.335 e. The first kappa shape index (κ1) is 15.6. The molecule has 7 nitrogen and oxygen atoms in total. The third-order valence-electron chi connectivity index (χ3n) is 4.33. The number of nitrogens with two attached hydrogens (primary N) is 2. The van der Waals surface area contributed by atoms with Crippen molar-refractivity contribution in [3.8, 4) is 0 Å². The van der Waals surface area contributed by atoms with Gasteiger partial charge in [0.15, 0.2) is 0 Å². The van der Waals surface area contributed by atoms with E-state index in [4.69, 9.17) is 16.6 Å². The number of amides is 2. The Balaban J connectivity index is 1.94. The lowest BCUT2D eigenvalue weighted by Gasteiger charge is -2.27. The van der Waals surface area contributed by atoms with Gasteiger partial charge < -0.3 is 16.6 Å². The molecule has 128 valence electrons. The van der Waals surface area contributed by atoms with Gasteiger partial charge in [-0.25, -0.2) is 9.69 Å². The van der Waals surface area contributed by atoms with Crippen molar-refractivity contribution in [2.45, 2.75) is 0 Å². The summed E-state index contributed by atoms with van der Waals surface area (Å²) in [5.74, 6) is -2.14. The van der Waals surface area contributed by atoms with Crippen LogP contribution in [0.4, 0.5) is 17.1 Å². The quantitative estimate of drug-likeness (QED) is 0.483. The van der Waals surface area contributed by atoms with Crippen molar-refractivity contribution in [1.29, 1.82) is 0 Å². The number of carboxylic acid groups (broad SMARTS) is 1. The van der Waals surface area contributed by atoms with Crippen LogP contribution in [0.15, 0.2) is 48.5 Å². The molecule has 0 unspecified atom stereocenters. The summed E-state index contributed by atoms with van der Waals surface area (Å²) >= 11 is 0. The fourth-order valence-corrected chi connectivity index (χ4v) is 3.22. The number of aromatic carboxylic acids is 1. The van der Waals surface area contributed by atoms with Gasteiger partial charge in [-0.1, -0.05) is 0 Å². The van der Waals surface area contributed by atoms with E-state index in [1.807, 2.05) is 0 Å². The second kappa shape index (κ2) is 5.32. The number of imide groups is 1. The Morgan fingerprint density at radius 2 is 1.35 bits per heavy atom. The van der Waals surface area contributed by atoms with E-state index in [-0.39, 0.29) is 11.3 Å². The highest BCUT2D eigenvalue weighted by atomic mass is 16.4. The number of rotatable bonds is 2. The lowest BCUT2D eigenvalue weighted by Crippen LogP contribution is -2.40. The molecule has 4 rings (SSSR count). The molecular formula is C19H13N3O4. The van der Waals surface area contributed by atoms with Crippen molar-refractivity contribution < 1.29 is 19.5 Å². The molecule has 0 atom stereocenters. The zero-order valence-corrected chi connectivity index (χ0v) is 13.4. The van der Waals surface area contributed by atoms with Crippen LogP contribution in [0.2, 0.25) is 0 Å². The minimum Gasteiger partial charge on any atom is -0.478 e. The fraction of sp³-hybridized carbons (Fsp3) is 0. The largest absolute Gasteiger partial charge is 0.478 e. The minimum absolute atomic E-state index is 0.0571. The summed E-state index contributed by atoms with van der Waals surface area (Å²) < 4.78 is 0. The minimum atomic E-state index is -1.09. The maximum atomic E-state index is 13.0. The Morgan fingerprint density at radius 3 is 1.81 bits per heavy atom. The summed E-state index contributed by atoms with van der Waals surface area (Å²) in [5.41, 5.74) is 13.5. The highest BCUT2D eigenvalue weighted by Crippen LogP contribution is 2.35. The number of nitrogen functional groups attached to an aromatic ring is 2. The molecule has 3 aromatic carbocycles. The van der Waals surface area contributed by atoms with E-state index in [9.17, 15) is 14.4 Å².